The standard InChI is InChI=1S/C21H23N3OS/c1-4-15-6-8-19-17(10-15)20(21(25)24(19)16-11-26-12-16)23-22-18-7-5-13(2)9-14(18)3/h5-10,16,25H,4,11-12H2,1-3H3. The summed E-state index contributed by atoms with van der Waals surface area (Å²) in [4.78, 5) is 0. The van der Waals surface area contributed by atoms with Crippen LogP contribution in [0.2, 0.25) is 0 Å². The first-order valence-electron chi connectivity index (χ1n) is 9.01. The predicted octanol–water partition coefficient (Wildman–Crippen LogP) is 6.23. The molecule has 0 saturated carbocycles. The smallest absolute Gasteiger partial charge is 0.221 e. The number of nitrogens with zero attached hydrogens (tertiary/aromatic N) is 3. The SMILES string of the molecule is CCc1ccc2c(c1)c(N=Nc1ccc(C)cc1C)c(O)n2C1CSC1. The Morgan fingerprint density at radius 1 is 1.12 bits per heavy atom. The first-order chi connectivity index (χ1) is 12.6. The van der Waals surface area contributed by atoms with Crippen molar-refractivity contribution in [1.29, 1.82) is 0 Å². The summed E-state index contributed by atoms with van der Waals surface area (Å²) in [5.41, 5.74) is 5.98. The summed E-state index contributed by atoms with van der Waals surface area (Å²) in [6.07, 6.45) is 0.953. The van der Waals surface area contributed by atoms with Gasteiger partial charge in [0.2, 0.25) is 5.88 Å². The van der Waals surface area contributed by atoms with Crippen LogP contribution < -0.4 is 0 Å². The van der Waals surface area contributed by atoms with Gasteiger partial charge in [0.15, 0.2) is 5.69 Å². The number of hydrogen-bond acceptors (Lipinski definition) is 4. The average Bonchev–Trinajstić information content (AvgIpc) is 2.84. The Kier molecular flexibility index (Phi) is 4.49. The van der Waals surface area contributed by atoms with E-state index in [2.05, 4.69) is 48.3 Å². The topological polar surface area (TPSA) is 49.9 Å². The van der Waals surface area contributed by atoms with Gasteiger partial charge < -0.3 is 9.67 Å². The second-order valence-electron chi connectivity index (χ2n) is 6.93. The van der Waals surface area contributed by atoms with Gasteiger partial charge in [-0.25, -0.2) is 0 Å². The lowest BCUT2D eigenvalue weighted by Gasteiger charge is -2.27. The van der Waals surface area contributed by atoms with Gasteiger partial charge in [0, 0.05) is 16.9 Å². The predicted molar refractivity (Wildman–Crippen MR) is 109 cm³/mol. The molecule has 1 fully saturated rings. The van der Waals surface area contributed by atoms with Crippen molar-refractivity contribution in [2.45, 2.75) is 33.2 Å². The number of aromatic hydroxyl groups is 1. The minimum atomic E-state index is 0.229. The van der Waals surface area contributed by atoms with Crippen LogP contribution >= 0.6 is 11.8 Å². The third-order valence-electron chi connectivity index (χ3n) is 5.02. The van der Waals surface area contributed by atoms with Crippen LogP contribution in [0.4, 0.5) is 11.4 Å². The first-order valence-corrected chi connectivity index (χ1v) is 10.2. The number of aromatic nitrogens is 1. The third kappa shape index (κ3) is 2.90. The zero-order valence-corrected chi connectivity index (χ0v) is 16.2. The maximum Gasteiger partial charge on any atom is 0.221 e. The average molecular weight is 366 g/mol. The van der Waals surface area contributed by atoms with Crippen LogP contribution in [0.3, 0.4) is 0 Å². The van der Waals surface area contributed by atoms with Gasteiger partial charge in [0.1, 0.15) is 0 Å². The Labute approximate surface area is 158 Å². The van der Waals surface area contributed by atoms with Crippen molar-refractivity contribution in [3.8, 4) is 5.88 Å². The molecule has 0 radical (unpaired) electrons. The van der Waals surface area contributed by atoms with Crippen molar-refractivity contribution < 1.29 is 5.11 Å². The Balaban J connectivity index is 1.85. The van der Waals surface area contributed by atoms with E-state index < -0.39 is 0 Å². The van der Waals surface area contributed by atoms with Crippen molar-refractivity contribution in [1.82, 2.24) is 4.57 Å². The molecule has 3 aromatic rings. The summed E-state index contributed by atoms with van der Waals surface area (Å²) in [5, 5.41) is 20.8. The molecule has 1 aromatic heterocycles. The quantitative estimate of drug-likeness (QED) is 0.557. The lowest BCUT2D eigenvalue weighted by atomic mass is 10.1. The largest absolute Gasteiger partial charge is 0.493 e. The highest BCUT2D eigenvalue weighted by Gasteiger charge is 2.27. The highest BCUT2D eigenvalue weighted by Crippen LogP contribution is 2.45. The monoisotopic (exact) mass is 365 g/mol. The van der Waals surface area contributed by atoms with E-state index in [1.165, 1.54) is 11.1 Å². The maximum absolute atomic E-state index is 10.9. The van der Waals surface area contributed by atoms with E-state index in [9.17, 15) is 5.11 Å². The van der Waals surface area contributed by atoms with Gasteiger partial charge in [0.05, 0.1) is 17.2 Å². The summed E-state index contributed by atoms with van der Waals surface area (Å²) in [6.45, 7) is 6.24. The van der Waals surface area contributed by atoms with Crippen LogP contribution in [-0.2, 0) is 6.42 Å². The second-order valence-corrected chi connectivity index (χ2v) is 8.00. The van der Waals surface area contributed by atoms with Crippen molar-refractivity contribution in [2.75, 3.05) is 11.5 Å². The minimum absolute atomic E-state index is 0.229. The zero-order chi connectivity index (χ0) is 18.3. The van der Waals surface area contributed by atoms with Crippen LogP contribution in [0, 0.1) is 13.8 Å². The normalized spacial score (nSPS) is 15.0. The maximum atomic E-state index is 10.9. The lowest BCUT2D eigenvalue weighted by molar-refractivity contribution is 0.406. The van der Waals surface area contributed by atoms with Gasteiger partial charge >= 0.3 is 0 Å². The fraction of sp³-hybridized carbons (Fsp3) is 0.333. The number of hydrogen-bond donors (Lipinski definition) is 1. The van der Waals surface area contributed by atoms with Crippen molar-refractivity contribution in [3.63, 3.8) is 0 Å². The molecule has 0 atom stereocenters. The minimum Gasteiger partial charge on any atom is -0.493 e. The first kappa shape index (κ1) is 17.2. The van der Waals surface area contributed by atoms with Crippen LogP contribution in [0.15, 0.2) is 46.6 Å². The van der Waals surface area contributed by atoms with Crippen molar-refractivity contribution in [2.24, 2.45) is 10.2 Å². The molecule has 0 spiro atoms. The van der Waals surface area contributed by atoms with Crippen molar-refractivity contribution >= 4 is 34.0 Å². The second kappa shape index (κ2) is 6.80. The molecule has 1 aliphatic heterocycles. The highest BCUT2D eigenvalue weighted by molar-refractivity contribution is 8.00. The molecule has 4 rings (SSSR count). The van der Waals surface area contributed by atoms with Crippen molar-refractivity contribution in [3.05, 3.63) is 53.1 Å². The number of azo groups is 1. The van der Waals surface area contributed by atoms with Gasteiger partial charge in [-0.05, 0) is 49.6 Å². The number of thioether (sulfide) groups is 1. The Bertz CT molecular complexity index is 1000. The Morgan fingerprint density at radius 3 is 2.58 bits per heavy atom. The molecular formula is C21H23N3OS. The summed E-state index contributed by atoms with van der Waals surface area (Å²) in [7, 11) is 0. The van der Waals surface area contributed by atoms with Gasteiger partial charge in [0.25, 0.3) is 0 Å². The Morgan fingerprint density at radius 2 is 1.92 bits per heavy atom. The van der Waals surface area contributed by atoms with Gasteiger partial charge in [-0.3, -0.25) is 0 Å². The number of benzene rings is 2. The molecule has 26 heavy (non-hydrogen) atoms. The van der Waals surface area contributed by atoms with E-state index in [0.717, 1.165) is 40.1 Å². The van der Waals surface area contributed by atoms with E-state index in [0.29, 0.717) is 11.7 Å². The molecule has 1 N–H and O–H groups in total. The molecule has 2 heterocycles. The van der Waals surface area contributed by atoms with E-state index in [4.69, 9.17) is 0 Å². The van der Waals surface area contributed by atoms with Crippen LogP contribution in [-0.4, -0.2) is 21.2 Å². The molecule has 4 nitrogen and oxygen atoms in total. The molecule has 1 aliphatic rings. The molecule has 0 amide bonds. The van der Waals surface area contributed by atoms with E-state index >= 15 is 0 Å². The zero-order valence-electron chi connectivity index (χ0n) is 15.4. The molecule has 1 saturated heterocycles. The van der Waals surface area contributed by atoms with Gasteiger partial charge in [-0.1, -0.05) is 30.7 Å². The number of rotatable bonds is 4. The van der Waals surface area contributed by atoms with Gasteiger partial charge in [-0.15, -0.1) is 5.11 Å². The molecule has 2 aromatic carbocycles. The summed E-state index contributed by atoms with van der Waals surface area (Å²) in [6, 6.07) is 12.8. The molecule has 0 aliphatic carbocycles. The lowest BCUT2D eigenvalue weighted by Crippen LogP contribution is -2.22. The highest BCUT2D eigenvalue weighted by atomic mass is 32.2. The Hall–Kier alpha value is -2.27. The number of aryl methyl sites for hydroxylation is 3. The van der Waals surface area contributed by atoms with Crippen LogP contribution in [0.1, 0.15) is 29.7 Å². The molecule has 0 unspecified atom stereocenters. The van der Waals surface area contributed by atoms with Gasteiger partial charge in [-0.2, -0.15) is 16.9 Å². The fourth-order valence-corrected chi connectivity index (χ4v) is 4.16. The van der Waals surface area contributed by atoms with Crippen LogP contribution in [0.5, 0.6) is 5.88 Å². The van der Waals surface area contributed by atoms with E-state index in [1.54, 1.807) is 0 Å². The van der Waals surface area contributed by atoms with E-state index in [-0.39, 0.29) is 5.88 Å². The number of fused-ring (bicyclic) bond motifs is 1. The summed E-state index contributed by atoms with van der Waals surface area (Å²) < 4.78 is 2.03. The third-order valence-corrected chi connectivity index (χ3v) is 6.26. The van der Waals surface area contributed by atoms with Crippen LogP contribution in [0.25, 0.3) is 10.9 Å². The molecule has 5 heteroatoms. The van der Waals surface area contributed by atoms with E-state index in [1.807, 2.05) is 35.4 Å². The summed E-state index contributed by atoms with van der Waals surface area (Å²) in [5.74, 6) is 2.29. The molecule has 0 bridgehead atoms. The molecule has 134 valence electrons. The summed E-state index contributed by atoms with van der Waals surface area (Å²) >= 11 is 1.90. The molecular weight excluding hydrogens is 342 g/mol. The fourth-order valence-electron chi connectivity index (χ4n) is 3.41.